The van der Waals surface area contributed by atoms with E-state index in [1.807, 2.05) is 38.1 Å². The Hall–Kier alpha value is -3.39. The van der Waals surface area contributed by atoms with E-state index in [0.29, 0.717) is 33.8 Å². The van der Waals surface area contributed by atoms with Crippen LogP contribution < -0.4 is 20.2 Å². The highest BCUT2D eigenvalue weighted by atomic mass is 79.9. The first kappa shape index (κ1) is 23.3. The molecule has 2 N–H and O–H groups in total. The summed E-state index contributed by atoms with van der Waals surface area (Å²) < 4.78 is 25.3. The number of hydrazone groups is 1. The lowest BCUT2D eigenvalue weighted by atomic mass is 10.2. The zero-order chi connectivity index (χ0) is 22.9. The van der Waals surface area contributed by atoms with E-state index in [1.54, 1.807) is 24.3 Å². The third-order valence-corrected chi connectivity index (χ3v) is 5.04. The number of aryl methyl sites for hydroxylation is 1. The molecule has 0 aromatic heterocycles. The lowest BCUT2D eigenvalue weighted by Crippen LogP contribution is -2.24. The second kappa shape index (κ2) is 11.3. The van der Waals surface area contributed by atoms with E-state index in [9.17, 15) is 9.18 Å². The molecule has 0 spiro atoms. The number of halogens is 2. The fourth-order valence-electron chi connectivity index (χ4n) is 2.73. The van der Waals surface area contributed by atoms with Gasteiger partial charge >= 0.3 is 6.03 Å². The number of nitrogens with zero attached hydrogens (tertiary/aromatic N) is 1. The van der Waals surface area contributed by atoms with Crippen molar-refractivity contribution in [3.05, 3.63) is 87.6 Å². The Morgan fingerprint density at radius 2 is 1.75 bits per heavy atom. The highest BCUT2D eigenvalue weighted by Gasteiger charge is 2.11. The summed E-state index contributed by atoms with van der Waals surface area (Å²) in [7, 11) is 0. The SMILES string of the molecule is CCOc1cc(/C=N\NC(=O)Nc2ccc(C)cc2)c(Br)cc1OCc1ccc(F)cc1. The van der Waals surface area contributed by atoms with Crippen LogP contribution in [0.3, 0.4) is 0 Å². The minimum absolute atomic E-state index is 0.265. The average molecular weight is 500 g/mol. The zero-order valence-corrected chi connectivity index (χ0v) is 19.3. The van der Waals surface area contributed by atoms with Crippen LogP contribution in [0, 0.1) is 12.7 Å². The number of urea groups is 1. The van der Waals surface area contributed by atoms with Crippen LogP contribution >= 0.6 is 15.9 Å². The summed E-state index contributed by atoms with van der Waals surface area (Å²) >= 11 is 3.49. The Morgan fingerprint density at radius 1 is 1.06 bits per heavy atom. The number of carbonyl (C=O) groups is 1. The quantitative estimate of drug-likeness (QED) is 0.293. The molecule has 0 radical (unpaired) electrons. The molecule has 0 aliphatic heterocycles. The van der Waals surface area contributed by atoms with E-state index in [2.05, 4.69) is 31.8 Å². The van der Waals surface area contributed by atoms with Crippen LogP contribution in [-0.4, -0.2) is 18.9 Å². The summed E-state index contributed by atoms with van der Waals surface area (Å²) in [4.78, 5) is 12.0. The predicted molar refractivity (Wildman–Crippen MR) is 127 cm³/mol. The van der Waals surface area contributed by atoms with Crippen molar-refractivity contribution >= 4 is 33.9 Å². The molecule has 3 aromatic carbocycles. The minimum atomic E-state index is -0.453. The molecule has 0 aliphatic rings. The van der Waals surface area contributed by atoms with Crippen molar-refractivity contribution in [2.45, 2.75) is 20.5 Å². The Bertz CT molecular complexity index is 1090. The van der Waals surface area contributed by atoms with Crippen LogP contribution in [0.4, 0.5) is 14.9 Å². The molecule has 8 heteroatoms. The van der Waals surface area contributed by atoms with Crippen molar-refractivity contribution in [1.29, 1.82) is 0 Å². The average Bonchev–Trinajstić information content (AvgIpc) is 2.77. The number of anilines is 1. The third-order valence-electron chi connectivity index (χ3n) is 4.35. The maximum Gasteiger partial charge on any atom is 0.339 e. The van der Waals surface area contributed by atoms with Crippen LogP contribution in [0.5, 0.6) is 11.5 Å². The lowest BCUT2D eigenvalue weighted by molar-refractivity contribution is 0.252. The van der Waals surface area contributed by atoms with Gasteiger partial charge in [-0.05, 0) is 71.7 Å². The van der Waals surface area contributed by atoms with E-state index in [0.717, 1.165) is 11.1 Å². The Kier molecular flexibility index (Phi) is 8.21. The molecule has 32 heavy (non-hydrogen) atoms. The second-order valence-electron chi connectivity index (χ2n) is 6.86. The molecule has 0 heterocycles. The van der Waals surface area contributed by atoms with Gasteiger partial charge in [-0.1, -0.05) is 29.8 Å². The summed E-state index contributed by atoms with van der Waals surface area (Å²) in [6, 6.07) is 16.6. The van der Waals surface area contributed by atoms with Gasteiger partial charge in [-0.3, -0.25) is 0 Å². The van der Waals surface area contributed by atoms with E-state index in [1.165, 1.54) is 18.3 Å². The maximum atomic E-state index is 13.1. The Morgan fingerprint density at radius 3 is 2.44 bits per heavy atom. The van der Waals surface area contributed by atoms with Crippen LogP contribution in [0.25, 0.3) is 0 Å². The van der Waals surface area contributed by atoms with Gasteiger partial charge < -0.3 is 14.8 Å². The van der Waals surface area contributed by atoms with Crippen molar-refractivity contribution in [2.75, 3.05) is 11.9 Å². The predicted octanol–water partition coefficient (Wildman–Crippen LogP) is 6.03. The third kappa shape index (κ3) is 6.81. The van der Waals surface area contributed by atoms with Gasteiger partial charge in [-0.2, -0.15) is 5.10 Å². The normalized spacial score (nSPS) is 10.8. The number of amides is 2. The number of carbonyl (C=O) groups excluding carboxylic acids is 1. The fourth-order valence-corrected chi connectivity index (χ4v) is 3.15. The lowest BCUT2D eigenvalue weighted by Gasteiger charge is -2.14. The molecule has 6 nitrogen and oxygen atoms in total. The van der Waals surface area contributed by atoms with Gasteiger partial charge in [-0.15, -0.1) is 0 Å². The monoisotopic (exact) mass is 499 g/mol. The van der Waals surface area contributed by atoms with Gasteiger partial charge in [0, 0.05) is 15.7 Å². The first-order valence-corrected chi connectivity index (χ1v) is 10.7. The number of ether oxygens (including phenoxy) is 2. The first-order valence-electron chi connectivity index (χ1n) is 9.95. The first-order chi connectivity index (χ1) is 15.4. The zero-order valence-electron chi connectivity index (χ0n) is 17.7. The van der Waals surface area contributed by atoms with Gasteiger partial charge in [0.2, 0.25) is 0 Å². The van der Waals surface area contributed by atoms with E-state index >= 15 is 0 Å². The van der Waals surface area contributed by atoms with Crippen LogP contribution in [0.1, 0.15) is 23.6 Å². The molecule has 0 atom stereocenters. The van der Waals surface area contributed by atoms with Crippen molar-refractivity contribution in [1.82, 2.24) is 5.43 Å². The molecule has 0 bridgehead atoms. The Balaban J connectivity index is 1.65. The van der Waals surface area contributed by atoms with Crippen molar-refractivity contribution < 1.29 is 18.7 Å². The number of hydrogen-bond acceptors (Lipinski definition) is 4. The molecule has 0 saturated heterocycles. The summed E-state index contributed by atoms with van der Waals surface area (Å²) in [5.74, 6) is 0.768. The maximum absolute atomic E-state index is 13.1. The molecular formula is C24H23BrFN3O3. The van der Waals surface area contributed by atoms with Gasteiger partial charge in [0.05, 0.1) is 12.8 Å². The number of rotatable bonds is 8. The second-order valence-corrected chi connectivity index (χ2v) is 7.71. The van der Waals surface area contributed by atoms with Gasteiger partial charge in [0.25, 0.3) is 0 Å². The van der Waals surface area contributed by atoms with Crippen LogP contribution in [0.2, 0.25) is 0 Å². The molecule has 2 amide bonds. The smallest absolute Gasteiger partial charge is 0.339 e. The summed E-state index contributed by atoms with van der Waals surface area (Å²) in [6.45, 7) is 4.56. The summed E-state index contributed by atoms with van der Waals surface area (Å²) in [5, 5.41) is 6.70. The molecule has 0 fully saturated rings. The highest BCUT2D eigenvalue weighted by Crippen LogP contribution is 2.33. The molecule has 3 rings (SSSR count). The molecule has 0 unspecified atom stereocenters. The highest BCUT2D eigenvalue weighted by molar-refractivity contribution is 9.10. The molecule has 166 valence electrons. The fraction of sp³-hybridized carbons (Fsp3) is 0.167. The minimum Gasteiger partial charge on any atom is -0.490 e. The van der Waals surface area contributed by atoms with Crippen molar-refractivity contribution in [3.63, 3.8) is 0 Å². The van der Waals surface area contributed by atoms with Crippen molar-refractivity contribution in [2.24, 2.45) is 5.10 Å². The number of benzene rings is 3. The number of nitrogens with one attached hydrogen (secondary N) is 2. The van der Waals surface area contributed by atoms with Crippen LogP contribution in [0.15, 0.2) is 70.2 Å². The largest absolute Gasteiger partial charge is 0.490 e. The van der Waals surface area contributed by atoms with Gasteiger partial charge in [0.1, 0.15) is 12.4 Å². The van der Waals surface area contributed by atoms with E-state index < -0.39 is 6.03 Å². The Labute approximate surface area is 194 Å². The van der Waals surface area contributed by atoms with Crippen LogP contribution in [-0.2, 0) is 6.61 Å². The summed E-state index contributed by atoms with van der Waals surface area (Å²) in [6.07, 6.45) is 1.51. The molecule has 0 aliphatic carbocycles. The van der Waals surface area contributed by atoms with Crippen molar-refractivity contribution in [3.8, 4) is 11.5 Å². The molecule has 0 saturated carbocycles. The number of hydrogen-bond donors (Lipinski definition) is 2. The molecular weight excluding hydrogens is 477 g/mol. The van der Waals surface area contributed by atoms with E-state index in [4.69, 9.17) is 9.47 Å². The standard InChI is InChI=1S/C24H23BrFN3O3/c1-3-31-22-12-18(14-27-29-24(30)28-20-10-4-16(2)5-11-20)21(25)13-23(22)32-15-17-6-8-19(26)9-7-17/h4-14H,3,15H2,1-2H3,(H2,28,29,30)/b27-14-. The van der Waals surface area contributed by atoms with E-state index in [-0.39, 0.29) is 12.4 Å². The van der Waals surface area contributed by atoms with Gasteiger partial charge in [-0.25, -0.2) is 14.6 Å². The summed E-state index contributed by atoms with van der Waals surface area (Å²) in [5.41, 5.74) is 5.74. The topological polar surface area (TPSA) is 72.0 Å². The molecule has 3 aromatic rings. The van der Waals surface area contributed by atoms with Gasteiger partial charge in [0.15, 0.2) is 11.5 Å².